The maximum atomic E-state index is 12.9. The van der Waals surface area contributed by atoms with E-state index in [2.05, 4.69) is 32.0 Å². The molecule has 1 aliphatic heterocycles. The van der Waals surface area contributed by atoms with Gasteiger partial charge in [0.05, 0.1) is 6.54 Å². The minimum absolute atomic E-state index is 0.0555. The third kappa shape index (κ3) is 3.64. The van der Waals surface area contributed by atoms with Gasteiger partial charge in [-0.15, -0.1) is 0 Å². The van der Waals surface area contributed by atoms with Crippen LogP contribution in [0.15, 0.2) is 36.5 Å². The molecule has 1 fully saturated rings. The Morgan fingerprint density at radius 1 is 1.37 bits per heavy atom. The molecule has 0 saturated carbocycles. The molecule has 0 aliphatic carbocycles. The van der Waals surface area contributed by atoms with Crippen LogP contribution in [0.3, 0.4) is 0 Å². The van der Waals surface area contributed by atoms with E-state index in [0.29, 0.717) is 30.4 Å². The van der Waals surface area contributed by atoms with Gasteiger partial charge in [-0.2, -0.15) is 0 Å². The number of fused-ring (bicyclic) bond motifs is 1. The van der Waals surface area contributed by atoms with Crippen molar-refractivity contribution in [1.82, 2.24) is 24.8 Å². The Balaban J connectivity index is 1.42. The zero-order chi connectivity index (χ0) is 19.0. The van der Waals surface area contributed by atoms with Crippen LogP contribution in [0.2, 0.25) is 0 Å². The van der Waals surface area contributed by atoms with Gasteiger partial charge < -0.3 is 15.6 Å². The first-order valence-electron chi connectivity index (χ1n) is 9.16. The number of nitrogens with one attached hydrogen (secondary N) is 1. The second-order valence-corrected chi connectivity index (χ2v) is 7.28. The Morgan fingerprint density at radius 3 is 3.04 bits per heavy atom. The second kappa shape index (κ2) is 7.00. The molecule has 2 aromatic heterocycles. The molecule has 7 heteroatoms. The molecule has 1 saturated heterocycles. The Labute approximate surface area is 158 Å². The molecule has 1 aromatic carbocycles. The van der Waals surface area contributed by atoms with E-state index in [0.717, 1.165) is 23.9 Å². The molecule has 1 atom stereocenters. The number of benzene rings is 1. The van der Waals surface area contributed by atoms with Crippen molar-refractivity contribution < 1.29 is 4.79 Å². The minimum Gasteiger partial charge on any atom is -0.384 e. The number of likely N-dealkylation sites (N-methyl/N-ethyl adjacent to an activating group) is 1. The molecule has 1 amide bonds. The highest BCUT2D eigenvalue weighted by Gasteiger charge is 2.30. The Kier molecular flexibility index (Phi) is 4.53. The van der Waals surface area contributed by atoms with Crippen LogP contribution in [0.25, 0.3) is 10.9 Å². The van der Waals surface area contributed by atoms with Crippen LogP contribution in [0.5, 0.6) is 0 Å². The van der Waals surface area contributed by atoms with Crippen molar-refractivity contribution in [3.05, 3.63) is 53.6 Å². The summed E-state index contributed by atoms with van der Waals surface area (Å²) in [6.45, 7) is 4.11. The van der Waals surface area contributed by atoms with Crippen LogP contribution in [0.4, 0.5) is 5.82 Å². The Morgan fingerprint density at radius 2 is 2.22 bits per heavy atom. The summed E-state index contributed by atoms with van der Waals surface area (Å²) in [5, 5.41) is 1.07. The van der Waals surface area contributed by atoms with Gasteiger partial charge in [0.1, 0.15) is 17.3 Å². The maximum Gasteiger partial charge on any atom is 0.270 e. The smallest absolute Gasteiger partial charge is 0.270 e. The molecule has 140 valence electrons. The topological polar surface area (TPSA) is 91.1 Å². The zero-order valence-corrected chi connectivity index (χ0v) is 15.6. The molecule has 3 heterocycles. The average molecular weight is 364 g/mol. The quantitative estimate of drug-likeness (QED) is 0.740. The number of nitrogen functional groups attached to an aromatic ring is 1. The van der Waals surface area contributed by atoms with E-state index in [1.807, 2.05) is 31.0 Å². The summed E-state index contributed by atoms with van der Waals surface area (Å²) in [4.78, 5) is 28.8. The number of aromatic amines is 1. The number of hydrogen-bond donors (Lipinski definition) is 2. The predicted molar refractivity (Wildman–Crippen MR) is 105 cm³/mol. The molecule has 0 unspecified atom stereocenters. The van der Waals surface area contributed by atoms with E-state index >= 15 is 0 Å². The molecule has 0 radical (unpaired) electrons. The van der Waals surface area contributed by atoms with E-state index < -0.39 is 0 Å². The summed E-state index contributed by atoms with van der Waals surface area (Å²) in [5.74, 6) is 1.24. The van der Waals surface area contributed by atoms with Gasteiger partial charge in [0, 0.05) is 36.2 Å². The second-order valence-electron chi connectivity index (χ2n) is 7.28. The lowest BCUT2D eigenvalue weighted by Crippen LogP contribution is -2.36. The van der Waals surface area contributed by atoms with Gasteiger partial charge >= 0.3 is 0 Å². The molecular formula is C20H24N6O. The van der Waals surface area contributed by atoms with Crippen molar-refractivity contribution in [2.75, 3.05) is 25.9 Å². The number of aryl methyl sites for hydroxylation is 1. The number of nitrogens with two attached hydrogens (primary N) is 1. The first-order valence-corrected chi connectivity index (χ1v) is 9.16. The normalized spacial score (nSPS) is 17.1. The number of amides is 1. The van der Waals surface area contributed by atoms with Gasteiger partial charge in [0.15, 0.2) is 0 Å². The Hall–Kier alpha value is -2.93. The first kappa shape index (κ1) is 17.5. The lowest BCUT2D eigenvalue weighted by atomic mass is 10.2. The maximum absolute atomic E-state index is 12.9. The van der Waals surface area contributed by atoms with Crippen molar-refractivity contribution in [3.8, 4) is 0 Å². The van der Waals surface area contributed by atoms with Crippen molar-refractivity contribution in [1.29, 1.82) is 0 Å². The molecule has 1 aliphatic rings. The van der Waals surface area contributed by atoms with Gasteiger partial charge in [0.25, 0.3) is 5.91 Å². The van der Waals surface area contributed by atoms with Crippen LogP contribution in [0.1, 0.15) is 28.3 Å². The SMILES string of the molecule is Cc1ccc2cc(C(=O)N3CC[C@H](N(C)Cc4nccc(N)n4)C3)[nH]c2c1. The van der Waals surface area contributed by atoms with Gasteiger partial charge in [-0.05, 0) is 44.2 Å². The van der Waals surface area contributed by atoms with Crippen molar-refractivity contribution >= 4 is 22.6 Å². The van der Waals surface area contributed by atoms with Crippen LogP contribution in [0, 0.1) is 6.92 Å². The summed E-state index contributed by atoms with van der Waals surface area (Å²) in [7, 11) is 2.04. The Bertz CT molecular complexity index is 982. The highest BCUT2D eigenvalue weighted by molar-refractivity contribution is 5.98. The number of rotatable bonds is 4. The summed E-state index contributed by atoms with van der Waals surface area (Å²) < 4.78 is 0. The first-order chi connectivity index (χ1) is 13.0. The lowest BCUT2D eigenvalue weighted by molar-refractivity contribution is 0.0774. The van der Waals surface area contributed by atoms with Gasteiger partial charge in [-0.25, -0.2) is 9.97 Å². The van der Waals surface area contributed by atoms with Crippen molar-refractivity contribution in [2.45, 2.75) is 25.9 Å². The summed E-state index contributed by atoms with van der Waals surface area (Å²) in [6, 6.07) is 10.1. The number of carbonyl (C=O) groups is 1. The van der Waals surface area contributed by atoms with Crippen molar-refractivity contribution in [3.63, 3.8) is 0 Å². The summed E-state index contributed by atoms with van der Waals surface area (Å²) >= 11 is 0. The standard InChI is InChI=1S/C20H24N6O/c1-13-3-4-14-10-17(23-16(14)9-13)20(27)26-8-6-15(11-26)25(2)12-19-22-7-5-18(21)24-19/h3-5,7,9-10,15,23H,6,8,11-12H2,1-2H3,(H2,21,22,24)/t15-/m0/s1. The third-order valence-corrected chi connectivity index (χ3v) is 5.20. The number of anilines is 1. The largest absolute Gasteiger partial charge is 0.384 e. The fourth-order valence-corrected chi connectivity index (χ4v) is 3.66. The third-order valence-electron chi connectivity index (χ3n) is 5.20. The molecule has 3 aromatic rings. The summed E-state index contributed by atoms with van der Waals surface area (Å²) in [6.07, 6.45) is 2.61. The number of carbonyl (C=O) groups excluding carboxylic acids is 1. The molecule has 7 nitrogen and oxygen atoms in total. The van der Waals surface area contributed by atoms with E-state index in [4.69, 9.17) is 5.73 Å². The fourth-order valence-electron chi connectivity index (χ4n) is 3.66. The van der Waals surface area contributed by atoms with Crippen LogP contribution >= 0.6 is 0 Å². The van der Waals surface area contributed by atoms with E-state index in [1.54, 1.807) is 12.3 Å². The highest BCUT2D eigenvalue weighted by atomic mass is 16.2. The van der Waals surface area contributed by atoms with Gasteiger partial charge in [-0.1, -0.05) is 12.1 Å². The summed E-state index contributed by atoms with van der Waals surface area (Å²) in [5.41, 5.74) is 8.56. The van der Waals surface area contributed by atoms with Crippen LogP contribution in [-0.2, 0) is 6.54 Å². The number of H-pyrrole nitrogens is 1. The zero-order valence-electron chi connectivity index (χ0n) is 15.6. The van der Waals surface area contributed by atoms with E-state index in [-0.39, 0.29) is 11.9 Å². The molecule has 4 rings (SSSR count). The molecular weight excluding hydrogens is 340 g/mol. The molecule has 3 N–H and O–H groups in total. The average Bonchev–Trinajstić information content (AvgIpc) is 3.28. The van der Waals surface area contributed by atoms with Crippen LogP contribution in [-0.4, -0.2) is 56.8 Å². The molecule has 27 heavy (non-hydrogen) atoms. The number of likely N-dealkylation sites (tertiary alicyclic amines) is 1. The fraction of sp³-hybridized carbons (Fsp3) is 0.350. The number of aromatic nitrogens is 3. The van der Waals surface area contributed by atoms with Crippen molar-refractivity contribution in [2.24, 2.45) is 0 Å². The highest BCUT2D eigenvalue weighted by Crippen LogP contribution is 2.21. The molecule has 0 bridgehead atoms. The van der Waals surface area contributed by atoms with Gasteiger partial charge in [-0.3, -0.25) is 9.69 Å². The van der Waals surface area contributed by atoms with E-state index in [1.165, 1.54) is 5.56 Å². The number of nitrogens with zero attached hydrogens (tertiary/aromatic N) is 4. The van der Waals surface area contributed by atoms with Gasteiger partial charge in [0.2, 0.25) is 0 Å². The molecule has 0 spiro atoms. The minimum atomic E-state index is 0.0555. The van der Waals surface area contributed by atoms with Crippen LogP contribution < -0.4 is 5.73 Å². The predicted octanol–water partition coefficient (Wildman–Crippen LogP) is 2.20. The monoisotopic (exact) mass is 364 g/mol. The lowest BCUT2D eigenvalue weighted by Gasteiger charge is -2.23. The number of hydrogen-bond acceptors (Lipinski definition) is 5. The van der Waals surface area contributed by atoms with E-state index in [9.17, 15) is 4.79 Å².